The first-order valence-electron chi connectivity index (χ1n) is 10.0. The number of para-hydroxylation sites is 1. The van der Waals surface area contributed by atoms with Crippen LogP contribution in [-0.4, -0.2) is 21.6 Å². The number of hydrogen-bond acceptors (Lipinski definition) is 3. The van der Waals surface area contributed by atoms with E-state index >= 15 is 0 Å². The fraction of sp³-hybridized carbons (Fsp3) is 0.0385. The molecule has 0 fully saturated rings. The van der Waals surface area contributed by atoms with E-state index in [1.54, 1.807) is 29.0 Å². The molecule has 162 valence electrons. The van der Waals surface area contributed by atoms with Crippen LogP contribution in [0.15, 0.2) is 79.0 Å². The molecule has 2 N–H and O–H groups in total. The Morgan fingerprint density at radius 2 is 1.67 bits per heavy atom. The smallest absolute Gasteiger partial charge is 0.335 e. The molecule has 1 heterocycles. The molecule has 0 spiro atoms. The zero-order chi connectivity index (χ0) is 23.4. The normalized spacial score (nSPS) is 11.2. The van der Waals surface area contributed by atoms with Crippen molar-refractivity contribution in [3.63, 3.8) is 0 Å². The van der Waals surface area contributed by atoms with Crippen LogP contribution in [0.3, 0.4) is 0 Å². The highest BCUT2D eigenvalue weighted by molar-refractivity contribution is 5.99. The number of aromatic carboxylic acids is 1. The third kappa shape index (κ3) is 4.81. The molecule has 0 unspecified atom stereocenters. The van der Waals surface area contributed by atoms with Crippen LogP contribution in [0.2, 0.25) is 0 Å². The molecule has 0 saturated carbocycles. The van der Waals surface area contributed by atoms with Gasteiger partial charge in [0.15, 0.2) is 0 Å². The molecule has 6 nitrogen and oxygen atoms in total. The minimum Gasteiger partial charge on any atom is -0.478 e. The molecule has 0 saturated heterocycles. The maximum Gasteiger partial charge on any atom is 0.335 e. The molecule has 1 amide bonds. The van der Waals surface area contributed by atoms with E-state index < -0.39 is 5.97 Å². The minimum absolute atomic E-state index is 0.0287. The number of carboxylic acid groups (broad SMARTS) is 1. The molecule has 7 heteroatoms. The van der Waals surface area contributed by atoms with E-state index in [0.29, 0.717) is 16.8 Å². The molecule has 0 radical (unpaired) electrons. The number of hydrogen-bond donors (Lipinski definition) is 2. The summed E-state index contributed by atoms with van der Waals surface area (Å²) in [7, 11) is 0. The summed E-state index contributed by atoms with van der Waals surface area (Å²) in [5.74, 6) is -1.69. The van der Waals surface area contributed by atoms with E-state index in [4.69, 9.17) is 5.11 Å². The molecule has 0 aliphatic rings. The first kappa shape index (κ1) is 21.5. The van der Waals surface area contributed by atoms with E-state index in [1.807, 2.05) is 24.3 Å². The number of nitriles is 1. The quantitative estimate of drug-likeness (QED) is 0.405. The topological polar surface area (TPSA) is 95.1 Å². The van der Waals surface area contributed by atoms with Crippen LogP contribution in [0.1, 0.15) is 21.5 Å². The lowest BCUT2D eigenvalue weighted by Crippen LogP contribution is -2.18. The second-order valence-corrected chi connectivity index (χ2v) is 7.34. The lowest BCUT2D eigenvalue weighted by Gasteiger charge is -2.07. The number of fused-ring (bicyclic) bond motifs is 1. The van der Waals surface area contributed by atoms with Crippen molar-refractivity contribution in [2.24, 2.45) is 0 Å². The first-order chi connectivity index (χ1) is 15.9. The van der Waals surface area contributed by atoms with E-state index in [1.165, 1.54) is 36.4 Å². The summed E-state index contributed by atoms with van der Waals surface area (Å²) in [6.07, 6.45) is 3.50. The summed E-state index contributed by atoms with van der Waals surface area (Å²) in [5.41, 5.74) is 3.16. The Labute approximate surface area is 188 Å². The SMILES string of the molecule is N#C/C(=C/c1cn(CC(=O)Nc2ccc(F)cc2)c2ccccc12)c1ccc(C(=O)O)cc1. The van der Waals surface area contributed by atoms with Crippen LogP contribution in [-0.2, 0) is 11.3 Å². The van der Waals surface area contributed by atoms with Crippen molar-refractivity contribution in [1.29, 1.82) is 5.26 Å². The van der Waals surface area contributed by atoms with Gasteiger partial charge in [0.25, 0.3) is 0 Å². The molecule has 0 bridgehead atoms. The van der Waals surface area contributed by atoms with Crippen molar-refractivity contribution < 1.29 is 19.1 Å². The Morgan fingerprint density at radius 1 is 1.00 bits per heavy atom. The van der Waals surface area contributed by atoms with Crippen LogP contribution < -0.4 is 5.32 Å². The standard InChI is InChI=1S/C26H18FN3O3/c27-21-9-11-22(12-10-21)29-25(31)16-30-15-20(23-3-1-2-4-24(23)30)13-19(14-28)17-5-7-18(8-6-17)26(32)33/h1-13,15H,16H2,(H,29,31)(H,32,33)/b19-13-. The predicted molar refractivity (Wildman–Crippen MR) is 124 cm³/mol. The fourth-order valence-electron chi connectivity index (χ4n) is 3.54. The van der Waals surface area contributed by atoms with Gasteiger partial charge in [-0.25, -0.2) is 9.18 Å². The molecular formula is C26H18FN3O3. The number of amides is 1. The third-order valence-electron chi connectivity index (χ3n) is 5.12. The van der Waals surface area contributed by atoms with Gasteiger partial charge in [-0.15, -0.1) is 0 Å². The van der Waals surface area contributed by atoms with E-state index in [2.05, 4.69) is 11.4 Å². The zero-order valence-corrected chi connectivity index (χ0v) is 17.3. The highest BCUT2D eigenvalue weighted by atomic mass is 19.1. The fourth-order valence-corrected chi connectivity index (χ4v) is 3.54. The number of carbonyl (C=O) groups excluding carboxylic acids is 1. The van der Waals surface area contributed by atoms with E-state index in [-0.39, 0.29) is 23.8 Å². The molecule has 4 aromatic rings. The monoisotopic (exact) mass is 439 g/mol. The largest absolute Gasteiger partial charge is 0.478 e. The minimum atomic E-state index is -1.04. The van der Waals surface area contributed by atoms with Crippen molar-refractivity contribution in [2.75, 3.05) is 5.32 Å². The summed E-state index contributed by atoms with van der Waals surface area (Å²) >= 11 is 0. The van der Waals surface area contributed by atoms with Gasteiger partial charge >= 0.3 is 5.97 Å². The van der Waals surface area contributed by atoms with Gasteiger partial charge < -0.3 is 15.0 Å². The third-order valence-corrected chi connectivity index (χ3v) is 5.12. The maximum absolute atomic E-state index is 13.1. The number of halogens is 1. The number of anilines is 1. The van der Waals surface area contributed by atoms with Crippen LogP contribution in [0.25, 0.3) is 22.6 Å². The van der Waals surface area contributed by atoms with Gasteiger partial charge in [0.1, 0.15) is 12.4 Å². The average molecular weight is 439 g/mol. The van der Waals surface area contributed by atoms with Crippen molar-refractivity contribution in [3.8, 4) is 6.07 Å². The molecule has 0 aliphatic carbocycles. The van der Waals surface area contributed by atoms with Crippen molar-refractivity contribution in [1.82, 2.24) is 4.57 Å². The molecule has 33 heavy (non-hydrogen) atoms. The molecule has 4 rings (SSSR count). The van der Waals surface area contributed by atoms with Crippen molar-refractivity contribution in [2.45, 2.75) is 6.54 Å². The molecular weight excluding hydrogens is 421 g/mol. The molecule has 0 atom stereocenters. The Balaban J connectivity index is 1.64. The van der Waals surface area contributed by atoms with Crippen LogP contribution >= 0.6 is 0 Å². The average Bonchev–Trinajstić information content (AvgIpc) is 3.16. The van der Waals surface area contributed by atoms with Crippen LogP contribution in [0.4, 0.5) is 10.1 Å². The molecule has 3 aromatic carbocycles. The molecule has 1 aromatic heterocycles. The Bertz CT molecular complexity index is 1410. The summed E-state index contributed by atoms with van der Waals surface area (Å²) in [5, 5.41) is 22.4. The van der Waals surface area contributed by atoms with Gasteiger partial charge in [0.05, 0.1) is 17.2 Å². The van der Waals surface area contributed by atoms with Gasteiger partial charge in [-0.3, -0.25) is 4.79 Å². The van der Waals surface area contributed by atoms with Gasteiger partial charge in [0.2, 0.25) is 5.91 Å². The van der Waals surface area contributed by atoms with Crippen molar-refractivity contribution in [3.05, 3.63) is 102 Å². The van der Waals surface area contributed by atoms with Gasteiger partial charge in [-0.1, -0.05) is 30.3 Å². The predicted octanol–water partition coefficient (Wildman–Crippen LogP) is 5.18. The summed E-state index contributed by atoms with van der Waals surface area (Å²) in [6.45, 7) is 0.0287. The second kappa shape index (κ2) is 9.20. The van der Waals surface area contributed by atoms with Gasteiger partial charge in [-0.05, 0) is 54.1 Å². The lowest BCUT2D eigenvalue weighted by atomic mass is 10.0. The van der Waals surface area contributed by atoms with E-state index in [9.17, 15) is 19.2 Å². The number of nitrogens with one attached hydrogen (secondary N) is 1. The Kier molecular flexibility index (Phi) is 6.00. The number of allylic oxidation sites excluding steroid dienone is 1. The number of carbonyl (C=O) groups is 2. The van der Waals surface area contributed by atoms with Crippen LogP contribution in [0, 0.1) is 17.1 Å². The molecule has 0 aliphatic heterocycles. The van der Waals surface area contributed by atoms with Crippen molar-refractivity contribution >= 4 is 40.1 Å². The number of rotatable bonds is 6. The van der Waals surface area contributed by atoms with E-state index in [0.717, 1.165) is 16.5 Å². The second-order valence-electron chi connectivity index (χ2n) is 7.34. The Hall–Kier alpha value is -4.70. The lowest BCUT2D eigenvalue weighted by molar-refractivity contribution is -0.116. The summed E-state index contributed by atoms with van der Waals surface area (Å²) < 4.78 is 14.9. The zero-order valence-electron chi connectivity index (χ0n) is 17.3. The highest BCUT2D eigenvalue weighted by Crippen LogP contribution is 2.26. The number of aromatic nitrogens is 1. The summed E-state index contributed by atoms with van der Waals surface area (Å²) in [6, 6.07) is 21.3. The van der Waals surface area contributed by atoms with Gasteiger partial charge in [-0.2, -0.15) is 5.26 Å². The Morgan fingerprint density at radius 3 is 2.33 bits per heavy atom. The number of carboxylic acids is 1. The highest BCUT2D eigenvalue weighted by Gasteiger charge is 2.12. The van der Waals surface area contributed by atoms with Crippen LogP contribution in [0.5, 0.6) is 0 Å². The summed E-state index contributed by atoms with van der Waals surface area (Å²) in [4.78, 5) is 23.6. The first-order valence-corrected chi connectivity index (χ1v) is 10.0. The number of nitrogens with zero attached hydrogens (tertiary/aromatic N) is 2. The maximum atomic E-state index is 13.1. The number of benzene rings is 3. The van der Waals surface area contributed by atoms with Gasteiger partial charge in [0, 0.05) is 28.4 Å².